The van der Waals surface area contributed by atoms with Crippen LogP contribution in [0.2, 0.25) is 0 Å². The van der Waals surface area contributed by atoms with Crippen molar-refractivity contribution in [1.29, 1.82) is 0 Å². The second kappa shape index (κ2) is 6.45. The van der Waals surface area contributed by atoms with Crippen molar-refractivity contribution in [2.24, 2.45) is 0 Å². The molecule has 1 aromatic carbocycles. The predicted molar refractivity (Wildman–Crippen MR) is 89.6 cm³/mol. The maximum absolute atomic E-state index is 13.6. The average molecular weight is 345 g/mol. The number of pyridine rings is 1. The number of halogens is 1. The van der Waals surface area contributed by atoms with Gasteiger partial charge in [0.1, 0.15) is 10.7 Å². The summed E-state index contributed by atoms with van der Waals surface area (Å²) in [5, 5.41) is 2.89. The third-order valence-corrected chi connectivity index (χ3v) is 5.33. The fraction of sp³-hybridized carbons (Fsp3) is 0.118. The van der Waals surface area contributed by atoms with E-state index in [9.17, 15) is 12.8 Å². The highest BCUT2D eigenvalue weighted by Gasteiger charge is 2.32. The van der Waals surface area contributed by atoms with Crippen LogP contribution in [0.4, 0.5) is 4.39 Å². The molecule has 0 saturated heterocycles. The Labute approximate surface area is 140 Å². The maximum atomic E-state index is 13.6. The van der Waals surface area contributed by atoms with Gasteiger partial charge in [-0.05, 0) is 35.9 Å². The number of nitrogens with one attached hydrogen (secondary N) is 1. The SMILES string of the molecule is CNC=C1C=C(c2cccc(F)c2)N(S(=O)(=O)c2cccnc2)C1. The van der Waals surface area contributed by atoms with Crippen molar-refractivity contribution in [3.63, 3.8) is 0 Å². The first-order valence-corrected chi connectivity index (χ1v) is 8.73. The highest BCUT2D eigenvalue weighted by atomic mass is 32.2. The summed E-state index contributed by atoms with van der Waals surface area (Å²) in [7, 11) is -2.05. The Kier molecular flexibility index (Phi) is 4.35. The zero-order chi connectivity index (χ0) is 17.2. The molecule has 3 rings (SSSR count). The number of hydrogen-bond acceptors (Lipinski definition) is 4. The van der Waals surface area contributed by atoms with Gasteiger partial charge >= 0.3 is 0 Å². The fourth-order valence-electron chi connectivity index (χ4n) is 2.53. The zero-order valence-electron chi connectivity index (χ0n) is 13.0. The molecular formula is C17H16FN3O2S. The van der Waals surface area contributed by atoms with Crippen LogP contribution in [0.3, 0.4) is 0 Å². The van der Waals surface area contributed by atoms with Gasteiger partial charge in [-0.15, -0.1) is 0 Å². The molecule has 2 aromatic rings. The fourth-order valence-corrected chi connectivity index (χ4v) is 3.97. The van der Waals surface area contributed by atoms with E-state index in [1.165, 1.54) is 34.9 Å². The minimum atomic E-state index is -3.79. The van der Waals surface area contributed by atoms with E-state index in [1.807, 2.05) is 0 Å². The Bertz CT molecular complexity index is 908. The lowest BCUT2D eigenvalue weighted by Gasteiger charge is -2.22. The molecule has 124 valence electrons. The Hall–Kier alpha value is -2.67. The molecule has 5 nitrogen and oxygen atoms in total. The van der Waals surface area contributed by atoms with Crippen LogP contribution in [0.1, 0.15) is 5.56 Å². The van der Waals surface area contributed by atoms with Crippen molar-refractivity contribution in [2.75, 3.05) is 13.6 Å². The Morgan fingerprint density at radius 2 is 2.12 bits per heavy atom. The molecular weight excluding hydrogens is 329 g/mol. The van der Waals surface area contributed by atoms with E-state index < -0.39 is 15.8 Å². The van der Waals surface area contributed by atoms with E-state index in [4.69, 9.17) is 0 Å². The van der Waals surface area contributed by atoms with Crippen LogP contribution in [0.5, 0.6) is 0 Å². The van der Waals surface area contributed by atoms with Crippen LogP contribution in [0.15, 0.2) is 71.5 Å². The summed E-state index contributed by atoms with van der Waals surface area (Å²) in [4.78, 5) is 3.97. The molecule has 0 fully saturated rings. The minimum Gasteiger partial charge on any atom is -0.394 e. The number of nitrogens with zero attached hydrogens (tertiary/aromatic N) is 2. The lowest BCUT2D eigenvalue weighted by Crippen LogP contribution is -2.28. The summed E-state index contributed by atoms with van der Waals surface area (Å²) in [6, 6.07) is 8.94. The van der Waals surface area contributed by atoms with Gasteiger partial charge in [-0.3, -0.25) is 9.29 Å². The number of sulfonamides is 1. The summed E-state index contributed by atoms with van der Waals surface area (Å²) < 4.78 is 40.8. The molecule has 1 aliphatic rings. The van der Waals surface area contributed by atoms with Crippen molar-refractivity contribution in [2.45, 2.75) is 4.90 Å². The second-order valence-electron chi connectivity index (χ2n) is 5.25. The van der Waals surface area contributed by atoms with E-state index in [0.717, 1.165) is 5.57 Å². The quantitative estimate of drug-likeness (QED) is 0.924. The Morgan fingerprint density at radius 1 is 1.29 bits per heavy atom. The highest BCUT2D eigenvalue weighted by Crippen LogP contribution is 2.33. The van der Waals surface area contributed by atoms with Crippen LogP contribution in [0, 0.1) is 5.82 Å². The summed E-state index contributed by atoms with van der Waals surface area (Å²) in [5.41, 5.74) is 1.71. The van der Waals surface area contributed by atoms with Crippen LogP contribution >= 0.6 is 0 Å². The van der Waals surface area contributed by atoms with Gasteiger partial charge in [-0.2, -0.15) is 0 Å². The number of aromatic nitrogens is 1. The van der Waals surface area contributed by atoms with Gasteiger partial charge < -0.3 is 5.32 Å². The Morgan fingerprint density at radius 3 is 2.79 bits per heavy atom. The summed E-state index contributed by atoms with van der Waals surface area (Å²) in [6.45, 7) is 0.171. The molecule has 0 radical (unpaired) electrons. The predicted octanol–water partition coefficient (Wildman–Crippen LogP) is 2.37. The minimum absolute atomic E-state index is 0.0954. The zero-order valence-corrected chi connectivity index (χ0v) is 13.8. The van der Waals surface area contributed by atoms with Crippen molar-refractivity contribution in [3.8, 4) is 0 Å². The average Bonchev–Trinajstić information content (AvgIpc) is 3.01. The van der Waals surface area contributed by atoms with E-state index in [1.54, 1.807) is 37.5 Å². The molecule has 7 heteroatoms. The topological polar surface area (TPSA) is 62.3 Å². The monoisotopic (exact) mass is 345 g/mol. The Balaban J connectivity index is 2.09. The van der Waals surface area contributed by atoms with Crippen LogP contribution < -0.4 is 5.32 Å². The van der Waals surface area contributed by atoms with Gasteiger partial charge in [-0.25, -0.2) is 12.8 Å². The highest BCUT2D eigenvalue weighted by molar-refractivity contribution is 7.89. The normalized spacial score (nSPS) is 16.3. The first-order chi connectivity index (χ1) is 11.5. The van der Waals surface area contributed by atoms with E-state index in [-0.39, 0.29) is 11.4 Å². The van der Waals surface area contributed by atoms with Crippen molar-refractivity contribution in [3.05, 3.63) is 78.0 Å². The third kappa shape index (κ3) is 3.03. The first-order valence-electron chi connectivity index (χ1n) is 7.29. The molecule has 24 heavy (non-hydrogen) atoms. The molecule has 1 N–H and O–H groups in total. The van der Waals surface area contributed by atoms with Crippen molar-refractivity contribution in [1.82, 2.24) is 14.6 Å². The molecule has 0 saturated carbocycles. The van der Waals surface area contributed by atoms with Crippen LogP contribution in [-0.4, -0.2) is 31.3 Å². The molecule has 0 spiro atoms. The van der Waals surface area contributed by atoms with Gasteiger partial charge in [0.25, 0.3) is 10.0 Å². The van der Waals surface area contributed by atoms with Crippen LogP contribution in [0.25, 0.3) is 5.70 Å². The number of benzene rings is 1. The van der Waals surface area contributed by atoms with Crippen molar-refractivity contribution < 1.29 is 12.8 Å². The van der Waals surface area contributed by atoms with E-state index >= 15 is 0 Å². The molecule has 0 unspecified atom stereocenters. The van der Waals surface area contributed by atoms with Gasteiger partial charge in [0.15, 0.2) is 0 Å². The maximum Gasteiger partial charge on any atom is 0.266 e. The second-order valence-corrected chi connectivity index (χ2v) is 7.11. The number of hydrogen-bond donors (Lipinski definition) is 1. The molecule has 0 amide bonds. The van der Waals surface area contributed by atoms with Gasteiger partial charge in [0.05, 0.1) is 12.2 Å². The number of rotatable bonds is 4. The molecule has 1 aliphatic heterocycles. The molecule has 1 aromatic heterocycles. The summed E-state index contributed by atoms with van der Waals surface area (Å²) >= 11 is 0. The van der Waals surface area contributed by atoms with E-state index in [0.29, 0.717) is 11.3 Å². The van der Waals surface area contributed by atoms with Gasteiger partial charge in [0, 0.05) is 31.2 Å². The lowest BCUT2D eigenvalue weighted by molar-refractivity contribution is 0.533. The molecule has 0 aliphatic carbocycles. The van der Waals surface area contributed by atoms with Gasteiger partial charge in [0.2, 0.25) is 0 Å². The van der Waals surface area contributed by atoms with E-state index in [2.05, 4.69) is 10.3 Å². The van der Waals surface area contributed by atoms with Crippen molar-refractivity contribution >= 4 is 15.7 Å². The lowest BCUT2D eigenvalue weighted by atomic mass is 10.1. The summed E-state index contributed by atoms with van der Waals surface area (Å²) in [5.74, 6) is -0.418. The largest absolute Gasteiger partial charge is 0.394 e. The summed E-state index contributed by atoms with van der Waals surface area (Å²) in [6.07, 6.45) is 6.27. The standard InChI is InChI=1S/C17H16FN3O2S/c1-19-10-13-8-17(14-4-2-5-15(18)9-14)21(12-13)24(22,23)16-6-3-7-20-11-16/h2-11,19H,12H2,1H3. The molecule has 0 atom stereocenters. The van der Waals surface area contributed by atoms with Gasteiger partial charge in [-0.1, -0.05) is 12.1 Å². The molecule has 2 heterocycles. The third-order valence-electron chi connectivity index (χ3n) is 3.59. The molecule has 0 bridgehead atoms. The van der Waals surface area contributed by atoms with Crippen LogP contribution in [-0.2, 0) is 10.0 Å². The smallest absolute Gasteiger partial charge is 0.266 e. The first kappa shape index (κ1) is 16.2.